The number of hydrogen-bond donors (Lipinski definition) is 0. The van der Waals surface area contributed by atoms with Crippen molar-refractivity contribution >= 4 is 17.7 Å². The molecule has 0 unspecified atom stereocenters. The molecule has 0 radical (unpaired) electrons. The summed E-state index contributed by atoms with van der Waals surface area (Å²) in [5.74, 6) is 1.59. The van der Waals surface area contributed by atoms with E-state index in [9.17, 15) is 0 Å². The van der Waals surface area contributed by atoms with Crippen LogP contribution in [0.15, 0.2) is 24.8 Å². The van der Waals surface area contributed by atoms with Crippen LogP contribution in [-0.4, -0.2) is 6.61 Å². The molecule has 1 aromatic rings. The minimum Gasteiger partial charge on any atom is -0.493 e. The molecule has 1 saturated carbocycles. The number of benzene rings is 1. The maximum Gasteiger partial charge on any atom is 0.120 e. The fraction of sp³-hybridized carbons (Fsp3) is 0.467. The molecule has 2 heteroatoms. The zero-order valence-corrected chi connectivity index (χ0v) is 10.9. The van der Waals surface area contributed by atoms with Crippen molar-refractivity contribution < 1.29 is 4.74 Å². The summed E-state index contributed by atoms with van der Waals surface area (Å²) in [6, 6.07) is 5.79. The van der Waals surface area contributed by atoms with E-state index in [0.717, 1.165) is 23.8 Å². The molecule has 1 fully saturated rings. The van der Waals surface area contributed by atoms with Gasteiger partial charge in [-0.25, -0.2) is 0 Å². The number of ether oxygens (including phenoxy) is 1. The lowest BCUT2D eigenvalue weighted by Crippen LogP contribution is -2.15. The molecule has 0 amide bonds. The second-order valence-electron chi connectivity index (χ2n) is 4.70. The maximum atomic E-state index is 6.10. The van der Waals surface area contributed by atoms with Gasteiger partial charge in [0.05, 0.1) is 11.6 Å². The molecule has 0 N–H and O–H groups in total. The molecule has 0 heterocycles. The highest BCUT2D eigenvalue weighted by molar-refractivity contribution is 6.32. The highest BCUT2D eigenvalue weighted by atomic mass is 35.5. The molecule has 0 saturated heterocycles. The van der Waals surface area contributed by atoms with Crippen molar-refractivity contribution in [2.75, 3.05) is 6.61 Å². The molecular formula is C15H19ClO. The summed E-state index contributed by atoms with van der Waals surface area (Å²) in [6.07, 6.45) is 8.45. The molecular weight excluding hydrogens is 232 g/mol. The number of rotatable bonds is 4. The van der Waals surface area contributed by atoms with Gasteiger partial charge in [0.15, 0.2) is 0 Å². The molecule has 0 atom stereocenters. The molecule has 0 bridgehead atoms. The third-order valence-electron chi connectivity index (χ3n) is 3.40. The quantitative estimate of drug-likeness (QED) is 0.735. The fourth-order valence-electron chi connectivity index (χ4n) is 2.33. The van der Waals surface area contributed by atoms with Crippen molar-refractivity contribution in [1.29, 1.82) is 0 Å². The standard InChI is InChI=1S/C15H19ClO/c1-2-13-8-9-14(10-15(13)16)17-11-12-6-4-3-5-7-12/h2,8-10,12H,1,3-7,11H2. The van der Waals surface area contributed by atoms with Crippen molar-refractivity contribution in [3.8, 4) is 5.75 Å². The summed E-state index contributed by atoms with van der Waals surface area (Å²) in [4.78, 5) is 0. The molecule has 0 aromatic heterocycles. The smallest absolute Gasteiger partial charge is 0.120 e. The third kappa shape index (κ3) is 3.50. The Hall–Kier alpha value is -0.950. The average molecular weight is 251 g/mol. The van der Waals surface area contributed by atoms with Gasteiger partial charge in [0.25, 0.3) is 0 Å². The average Bonchev–Trinajstić information content (AvgIpc) is 2.38. The number of hydrogen-bond acceptors (Lipinski definition) is 1. The Kier molecular flexibility index (Phi) is 4.49. The molecule has 17 heavy (non-hydrogen) atoms. The fourth-order valence-corrected chi connectivity index (χ4v) is 2.58. The van der Waals surface area contributed by atoms with E-state index in [1.54, 1.807) is 6.08 Å². The Morgan fingerprint density at radius 2 is 2.06 bits per heavy atom. The van der Waals surface area contributed by atoms with E-state index in [1.807, 2.05) is 18.2 Å². The molecule has 1 aromatic carbocycles. The Balaban J connectivity index is 1.90. The first-order chi connectivity index (χ1) is 8.29. The Morgan fingerprint density at radius 1 is 1.29 bits per heavy atom. The molecule has 2 rings (SSSR count). The van der Waals surface area contributed by atoms with Crippen molar-refractivity contribution in [3.05, 3.63) is 35.4 Å². The molecule has 0 aliphatic heterocycles. The van der Waals surface area contributed by atoms with E-state index < -0.39 is 0 Å². The highest BCUT2D eigenvalue weighted by Gasteiger charge is 2.14. The van der Waals surface area contributed by atoms with E-state index in [0.29, 0.717) is 5.02 Å². The van der Waals surface area contributed by atoms with Crippen LogP contribution in [0.1, 0.15) is 37.7 Å². The lowest BCUT2D eigenvalue weighted by molar-refractivity contribution is 0.209. The normalized spacial score (nSPS) is 16.8. The topological polar surface area (TPSA) is 9.23 Å². The van der Waals surface area contributed by atoms with Gasteiger partial charge in [0.2, 0.25) is 0 Å². The van der Waals surface area contributed by atoms with Crippen LogP contribution in [0.3, 0.4) is 0 Å². The van der Waals surface area contributed by atoms with Crippen molar-refractivity contribution in [2.45, 2.75) is 32.1 Å². The Morgan fingerprint density at radius 3 is 2.71 bits per heavy atom. The van der Waals surface area contributed by atoms with Gasteiger partial charge in [0, 0.05) is 0 Å². The van der Waals surface area contributed by atoms with Crippen molar-refractivity contribution in [3.63, 3.8) is 0 Å². The first-order valence-electron chi connectivity index (χ1n) is 6.34. The molecule has 1 aliphatic rings. The van der Waals surface area contributed by atoms with Crippen LogP contribution in [0.4, 0.5) is 0 Å². The summed E-state index contributed by atoms with van der Waals surface area (Å²) in [5.41, 5.74) is 0.955. The maximum absolute atomic E-state index is 6.10. The van der Waals surface area contributed by atoms with Crippen LogP contribution < -0.4 is 4.74 Å². The minimum atomic E-state index is 0.709. The summed E-state index contributed by atoms with van der Waals surface area (Å²) < 4.78 is 5.81. The highest BCUT2D eigenvalue weighted by Crippen LogP contribution is 2.27. The number of halogens is 1. The van der Waals surface area contributed by atoms with Gasteiger partial charge in [-0.3, -0.25) is 0 Å². The van der Waals surface area contributed by atoms with Gasteiger partial charge in [-0.05, 0) is 42.5 Å². The Labute approximate surface area is 108 Å². The van der Waals surface area contributed by atoms with Gasteiger partial charge in [0.1, 0.15) is 5.75 Å². The van der Waals surface area contributed by atoms with Crippen molar-refractivity contribution in [1.82, 2.24) is 0 Å². The molecule has 0 spiro atoms. The lowest BCUT2D eigenvalue weighted by Gasteiger charge is -2.21. The van der Waals surface area contributed by atoms with E-state index in [-0.39, 0.29) is 0 Å². The minimum absolute atomic E-state index is 0.709. The summed E-state index contributed by atoms with van der Waals surface area (Å²) in [5, 5.41) is 0.709. The van der Waals surface area contributed by atoms with Crippen molar-refractivity contribution in [2.24, 2.45) is 5.92 Å². The van der Waals surface area contributed by atoms with E-state index in [2.05, 4.69) is 6.58 Å². The van der Waals surface area contributed by atoms with Crippen LogP contribution in [-0.2, 0) is 0 Å². The van der Waals surface area contributed by atoms with Crippen LogP contribution in [0.25, 0.3) is 6.08 Å². The molecule has 1 nitrogen and oxygen atoms in total. The summed E-state index contributed by atoms with van der Waals surface area (Å²) in [6.45, 7) is 4.54. The van der Waals surface area contributed by atoms with Crippen LogP contribution in [0.5, 0.6) is 5.75 Å². The van der Waals surface area contributed by atoms with Crippen LogP contribution in [0.2, 0.25) is 5.02 Å². The predicted octanol–water partition coefficient (Wildman–Crippen LogP) is 4.94. The van der Waals surface area contributed by atoms with Gasteiger partial charge < -0.3 is 4.74 Å². The summed E-state index contributed by atoms with van der Waals surface area (Å²) in [7, 11) is 0. The molecule has 92 valence electrons. The Bertz CT molecular complexity index is 381. The van der Waals surface area contributed by atoms with Gasteiger partial charge >= 0.3 is 0 Å². The predicted molar refractivity (Wildman–Crippen MR) is 73.6 cm³/mol. The zero-order chi connectivity index (χ0) is 12.1. The van der Waals surface area contributed by atoms with E-state index in [1.165, 1.54) is 32.1 Å². The van der Waals surface area contributed by atoms with Gasteiger partial charge in [-0.15, -0.1) is 0 Å². The second-order valence-corrected chi connectivity index (χ2v) is 5.11. The largest absolute Gasteiger partial charge is 0.493 e. The van der Waals surface area contributed by atoms with Crippen LogP contribution in [0, 0.1) is 5.92 Å². The first-order valence-corrected chi connectivity index (χ1v) is 6.72. The molecule has 1 aliphatic carbocycles. The first kappa shape index (κ1) is 12.5. The third-order valence-corrected chi connectivity index (χ3v) is 3.73. The van der Waals surface area contributed by atoms with Gasteiger partial charge in [-0.2, -0.15) is 0 Å². The zero-order valence-electron chi connectivity index (χ0n) is 10.1. The summed E-state index contributed by atoms with van der Waals surface area (Å²) >= 11 is 6.10. The second kappa shape index (κ2) is 6.11. The SMILES string of the molecule is C=Cc1ccc(OCC2CCCCC2)cc1Cl. The monoisotopic (exact) mass is 250 g/mol. The van der Waals surface area contributed by atoms with Crippen LogP contribution >= 0.6 is 11.6 Å². The van der Waals surface area contributed by atoms with Gasteiger partial charge in [-0.1, -0.05) is 43.5 Å². The van der Waals surface area contributed by atoms with E-state index in [4.69, 9.17) is 16.3 Å². The lowest BCUT2D eigenvalue weighted by atomic mass is 9.90. The van der Waals surface area contributed by atoms with E-state index >= 15 is 0 Å².